The second kappa shape index (κ2) is 7.27. The van der Waals surface area contributed by atoms with Crippen LogP contribution in [0.2, 0.25) is 0 Å². The lowest BCUT2D eigenvalue weighted by molar-refractivity contribution is 0.562. The highest BCUT2D eigenvalue weighted by Crippen LogP contribution is 2.43. The number of aryl methyl sites for hydroxylation is 2. The van der Waals surface area contributed by atoms with E-state index < -0.39 is 0 Å². The predicted molar refractivity (Wildman–Crippen MR) is 117 cm³/mol. The molecular formula is C26H34. The number of hydrogen-bond donors (Lipinski definition) is 0. The molecule has 26 heavy (non-hydrogen) atoms. The van der Waals surface area contributed by atoms with Crippen molar-refractivity contribution in [2.45, 2.75) is 66.2 Å². The van der Waals surface area contributed by atoms with Gasteiger partial charge in [0.1, 0.15) is 0 Å². The van der Waals surface area contributed by atoms with Gasteiger partial charge in [-0.15, -0.1) is 0 Å². The van der Waals surface area contributed by atoms with E-state index in [1.165, 1.54) is 33.4 Å². The summed E-state index contributed by atoms with van der Waals surface area (Å²) in [5, 5.41) is 0. The van der Waals surface area contributed by atoms with Crippen LogP contribution >= 0.6 is 0 Å². The van der Waals surface area contributed by atoms with Crippen LogP contribution in [-0.4, -0.2) is 0 Å². The summed E-state index contributed by atoms with van der Waals surface area (Å²) in [5.74, 6) is 0. The van der Waals surface area contributed by atoms with Gasteiger partial charge in [0.25, 0.3) is 0 Å². The highest BCUT2D eigenvalue weighted by atomic mass is 14.4. The largest absolute Gasteiger partial charge is 0.0905 e. The minimum absolute atomic E-state index is 0.0564. The first-order valence-electron chi connectivity index (χ1n) is 9.74. The van der Waals surface area contributed by atoms with E-state index in [0.29, 0.717) is 0 Å². The van der Waals surface area contributed by atoms with Crippen LogP contribution in [0, 0.1) is 13.8 Å². The van der Waals surface area contributed by atoms with Gasteiger partial charge in [-0.3, -0.25) is 0 Å². The van der Waals surface area contributed by atoms with Crippen molar-refractivity contribution < 1.29 is 0 Å². The van der Waals surface area contributed by atoms with Crippen LogP contribution in [0.5, 0.6) is 0 Å². The molecule has 0 nitrogen and oxygen atoms in total. The molecule has 0 saturated heterocycles. The molecule has 0 aliphatic heterocycles. The molecule has 0 bridgehead atoms. The van der Waals surface area contributed by atoms with Crippen molar-refractivity contribution in [2.75, 3.05) is 0 Å². The molecular weight excluding hydrogens is 312 g/mol. The summed E-state index contributed by atoms with van der Waals surface area (Å²) in [6, 6.07) is 13.4. The number of benzene rings is 2. The van der Waals surface area contributed by atoms with E-state index in [0.717, 1.165) is 5.57 Å². The van der Waals surface area contributed by atoms with Crippen LogP contribution in [0.1, 0.15) is 74.9 Å². The van der Waals surface area contributed by atoms with Crippen molar-refractivity contribution in [3.8, 4) is 0 Å². The zero-order chi connectivity index (χ0) is 19.7. The van der Waals surface area contributed by atoms with Crippen molar-refractivity contribution in [1.29, 1.82) is 0 Å². The van der Waals surface area contributed by atoms with Crippen molar-refractivity contribution in [3.05, 3.63) is 88.5 Å². The zero-order valence-corrected chi connectivity index (χ0v) is 17.8. The van der Waals surface area contributed by atoms with Gasteiger partial charge in [0.2, 0.25) is 0 Å². The molecule has 1 aliphatic carbocycles. The fourth-order valence-electron chi connectivity index (χ4n) is 3.61. The van der Waals surface area contributed by atoms with E-state index in [9.17, 15) is 0 Å². The average Bonchev–Trinajstić information content (AvgIpc) is 2.61. The van der Waals surface area contributed by atoms with Gasteiger partial charge in [0.05, 0.1) is 0 Å². The number of hydrogen-bond acceptors (Lipinski definition) is 0. The molecule has 2 aromatic rings. The highest BCUT2D eigenvalue weighted by Gasteiger charge is 2.33. The molecule has 0 atom stereocenters. The molecule has 0 saturated carbocycles. The van der Waals surface area contributed by atoms with Crippen LogP contribution in [0.25, 0.3) is 5.57 Å². The Labute approximate surface area is 160 Å². The predicted octanol–water partition coefficient (Wildman–Crippen LogP) is 7.52. The summed E-state index contributed by atoms with van der Waals surface area (Å²) in [6.07, 6.45) is 4.70. The third-order valence-electron chi connectivity index (χ3n) is 5.39. The average molecular weight is 347 g/mol. The SMILES string of the molecule is C=C(c1ccc(C)cc1)c1cc2c(cc1C)C(C)(C)C=CC2(C)C.CC. The summed E-state index contributed by atoms with van der Waals surface area (Å²) in [6.45, 7) is 21.9. The van der Waals surface area contributed by atoms with Crippen LogP contribution in [-0.2, 0) is 10.8 Å². The smallest absolute Gasteiger partial charge is 0.00789 e. The Morgan fingerprint density at radius 3 is 1.73 bits per heavy atom. The van der Waals surface area contributed by atoms with Crippen molar-refractivity contribution in [2.24, 2.45) is 0 Å². The number of rotatable bonds is 2. The highest BCUT2D eigenvalue weighted by molar-refractivity contribution is 5.81. The van der Waals surface area contributed by atoms with Gasteiger partial charge >= 0.3 is 0 Å². The Bertz CT molecular complexity index is 827. The van der Waals surface area contributed by atoms with Gasteiger partial charge in [0.15, 0.2) is 0 Å². The molecule has 0 unspecified atom stereocenters. The molecule has 3 rings (SSSR count). The van der Waals surface area contributed by atoms with E-state index >= 15 is 0 Å². The van der Waals surface area contributed by atoms with Gasteiger partial charge in [0, 0.05) is 10.8 Å². The molecule has 0 heteroatoms. The Morgan fingerprint density at radius 2 is 1.23 bits per heavy atom. The van der Waals surface area contributed by atoms with E-state index in [1.54, 1.807) is 0 Å². The third-order valence-corrected chi connectivity index (χ3v) is 5.39. The van der Waals surface area contributed by atoms with Crippen LogP contribution in [0.15, 0.2) is 55.1 Å². The monoisotopic (exact) mass is 346 g/mol. The van der Waals surface area contributed by atoms with Gasteiger partial charge < -0.3 is 0 Å². The number of fused-ring (bicyclic) bond motifs is 1. The van der Waals surface area contributed by atoms with Crippen molar-refractivity contribution in [1.82, 2.24) is 0 Å². The van der Waals surface area contributed by atoms with E-state index in [1.807, 2.05) is 13.8 Å². The fourth-order valence-corrected chi connectivity index (χ4v) is 3.61. The number of allylic oxidation sites excluding steroid dienone is 2. The quantitative estimate of drug-likeness (QED) is 0.493. The first-order valence-corrected chi connectivity index (χ1v) is 9.74. The van der Waals surface area contributed by atoms with Gasteiger partial charge in [-0.05, 0) is 53.3 Å². The lowest BCUT2D eigenvalue weighted by atomic mass is 9.67. The Balaban J connectivity index is 0.00000117. The Kier molecular flexibility index (Phi) is 5.66. The maximum Gasteiger partial charge on any atom is 0.00789 e. The second-order valence-corrected chi connectivity index (χ2v) is 8.33. The molecule has 138 valence electrons. The van der Waals surface area contributed by atoms with Crippen LogP contribution in [0.4, 0.5) is 0 Å². The van der Waals surface area contributed by atoms with Crippen molar-refractivity contribution in [3.63, 3.8) is 0 Å². The van der Waals surface area contributed by atoms with E-state index in [-0.39, 0.29) is 10.8 Å². The first-order chi connectivity index (χ1) is 12.1. The van der Waals surface area contributed by atoms with Gasteiger partial charge in [-0.2, -0.15) is 0 Å². The molecule has 0 heterocycles. The van der Waals surface area contributed by atoms with Gasteiger partial charge in [-0.25, -0.2) is 0 Å². The van der Waals surface area contributed by atoms with Crippen LogP contribution in [0.3, 0.4) is 0 Å². The first kappa shape index (κ1) is 20.2. The normalized spacial score (nSPS) is 16.3. The van der Waals surface area contributed by atoms with E-state index in [4.69, 9.17) is 0 Å². The zero-order valence-electron chi connectivity index (χ0n) is 17.8. The lowest BCUT2D eigenvalue weighted by Gasteiger charge is -2.37. The molecule has 1 aliphatic rings. The van der Waals surface area contributed by atoms with Crippen LogP contribution < -0.4 is 0 Å². The fraction of sp³-hybridized carbons (Fsp3) is 0.385. The Morgan fingerprint density at radius 1 is 0.769 bits per heavy atom. The maximum atomic E-state index is 4.40. The summed E-state index contributed by atoms with van der Waals surface area (Å²) in [5.41, 5.74) is 9.15. The molecule has 0 amide bonds. The summed E-state index contributed by atoms with van der Waals surface area (Å²) < 4.78 is 0. The third kappa shape index (κ3) is 3.70. The summed E-state index contributed by atoms with van der Waals surface area (Å²) in [4.78, 5) is 0. The topological polar surface area (TPSA) is 0 Å². The molecule has 0 N–H and O–H groups in total. The lowest BCUT2D eigenvalue weighted by Crippen LogP contribution is -2.29. The summed E-state index contributed by atoms with van der Waals surface area (Å²) in [7, 11) is 0. The van der Waals surface area contributed by atoms with Crippen molar-refractivity contribution >= 4 is 5.57 Å². The molecule has 0 radical (unpaired) electrons. The second-order valence-electron chi connectivity index (χ2n) is 8.33. The molecule has 0 fully saturated rings. The minimum atomic E-state index is 0.0564. The minimum Gasteiger partial charge on any atom is -0.0905 e. The standard InChI is InChI=1S/C24H28.C2H6/c1-16-8-10-19(11-9-16)18(3)20-15-22-21(14-17(20)2)23(4,5)12-13-24(22,6)7;1-2/h8-15H,3H2,1-2,4-7H3;1-2H3. The van der Waals surface area contributed by atoms with E-state index in [2.05, 4.69) is 96.7 Å². The molecule has 2 aromatic carbocycles. The molecule has 0 aromatic heterocycles. The van der Waals surface area contributed by atoms with Gasteiger partial charge in [-0.1, -0.05) is 96.2 Å². The molecule has 0 spiro atoms. The Hall–Kier alpha value is -2.08. The maximum absolute atomic E-state index is 4.40. The summed E-state index contributed by atoms with van der Waals surface area (Å²) >= 11 is 0.